The Labute approximate surface area is 87.0 Å². The smallest absolute Gasteiger partial charge is 0.140 e. The number of halogens is 1. The van der Waals surface area contributed by atoms with Crippen LogP contribution in [0.2, 0.25) is 0 Å². The first-order valence-corrected chi connectivity index (χ1v) is 4.67. The van der Waals surface area contributed by atoms with Crippen LogP contribution in [0.4, 0.5) is 4.39 Å². The van der Waals surface area contributed by atoms with Crippen LogP contribution in [0.1, 0.15) is 11.1 Å². The van der Waals surface area contributed by atoms with E-state index < -0.39 is 5.82 Å². The van der Waals surface area contributed by atoms with Crippen LogP contribution in [0.3, 0.4) is 0 Å². The van der Waals surface area contributed by atoms with Crippen LogP contribution in [-0.4, -0.2) is 19.3 Å². The van der Waals surface area contributed by atoms with Gasteiger partial charge < -0.3 is 9.47 Å². The van der Waals surface area contributed by atoms with Gasteiger partial charge in [0.2, 0.25) is 0 Å². The van der Waals surface area contributed by atoms with Gasteiger partial charge in [0.15, 0.2) is 0 Å². The fourth-order valence-corrected chi connectivity index (χ4v) is 1.27. The molecule has 3 nitrogen and oxygen atoms in total. The lowest BCUT2D eigenvalue weighted by Gasteiger charge is -2.25. The minimum absolute atomic E-state index is 0.0564. The highest BCUT2D eigenvalue weighted by molar-refractivity contribution is 5.34. The summed E-state index contributed by atoms with van der Waals surface area (Å²) in [5.74, 6) is -0.492. The van der Waals surface area contributed by atoms with Gasteiger partial charge in [0.1, 0.15) is 18.0 Å². The third-order valence-electron chi connectivity index (χ3n) is 2.24. The van der Waals surface area contributed by atoms with Crippen LogP contribution in [0.5, 0.6) is 0 Å². The summed E-state index contributed by atoms with van der Waals surface area (Å²) in [6, 6.07) is 6.21. The van der Waals surface area contributed by atoms with E-state index >= 15 is 0 Å². The summed E-state index contributed by atoms with van der Waals surface area (Å²) in [6.07, 6.45) is 0.139. The number of hydrogen-bond donors (Lipinski definition) is 0. The second-order valence-corrected chi connectivity index (χ2v) is 3.40. The molecule has 78 valence electrons. The molecular formula is C11H10FNO2. The molecule has 0 spiro atoms. The molecule has 2 rings (SSSR count). The van der Waals surface area contributed by atoms with E-state index in [1.807, 2.05) is 0 Å². The van der Waals surface area contributed by atoms with Crippen molar-refractivity contribution in [3.63, 3.8) is 0 Å². The van der Waals surface area contributed by atoms with Crippen LogP contribution in [-0.2, 0) is 16.1 Å². The molecular weight excluding hydrogens is 197 g/mol. The Morgan fingerprint density at radius 3 is 2.93 bits per heavy atom. The number of nitriles is 1. The van der Waals surface area contributed by atoms with Crippen molar-refractivity contribution >= 4 is 0 Å². The van der Waals surface area contributed by atoms with E-state index in [4.69, 9.17) is 14.7 Å². The van der Waals surface area contributed by atoms with Crippen molar-refractivity contribution in [2.45, 2.75) is 12.7 Å². The zero-order valence-electron chi connectivity index (χ0n) is 8.07. The predicted molar refractivity (Wildman–Crippen MR) is 50.5 cm³/mol. The summed E-state index contributed by atoms with van der Waals surface area (Å²) in [5, 5.41) is 8.63. The molecule has 0 radical (unpaired) electrons. The van der Waals surface area contributed by atoms with Gasteiger partial charge in [-0.2, -0.15) is 5.26 Å². The number of benzene rings is 1. The first kappa shape index (κ1) is 10.1. The predicted octanol–water partition coefficient (Wildman–Crippen LogP) is 1.61. The third kappa shape index (κ3) is 2.32. The number of nitrogens with zero attached hydrogens (tertiary/aromatic N) is 1. The summed E-state index contributed by atoms with van der Waals surface area (Å²) in [6.45, 7) is 1.63. The van der Waals surface area contributed by atoms with Gasteiger partial charge in [0.25, 0.3) is 0 Å². The van der Waals surface area contributed by atoms with E-state index in [1.54, 1.807) is 12.1 Å². The van der Waals surface area contributed by atoms with Crippen molar-refractivity contribution in [1.29, 1.82) is 5.26 Å². The lowest BCUT2D eigenvalue weighted by atomic mass is 10.1. The van der Waals surface area contributed by atoms with Gasteiger partial charge in [-0.05, 0) is 17.7 Å². The second-order valence-electron chi connectivity index (χ2n) is 3.40. The van der Waals surface area contributed by atoms with Gasteiger partial charge >= 0.3 is 0 Å². The normalized spacial score (nSPS) is 15.7. The van der Waals surface area contributed by atoms with E-state index in [1.165, 1.54) is 12.1 Å². The van der Waals surface area contributed by atoms with Crippen molar-refractivity contribution in [1.82, 2.24) is 0 Å². The Morgan fingerprint density at radius 1 is 1.53 bits per heavy atom. The highest BCUT2D eigenvalue weighted by atomic mass is 19.1. The Balaban J connectivity index is 1.99. The lowest BCUT2D eigenvalue weighted by molar-refractivity contribution is -0.135. The number of ether oxygens (including phenoxy) is 2. The Bertz CT molecular complexity index is 396. The average Bonchev–Trinajstić information content (AvgIpc) is 2.18. The van der Waals surface area contributed by atoms with Crippen LogP contribution in [0.25, 0.3) is 0 Å². The molecule has 1 heterocycles. The molecule has 1 aliphatic rings. The molecule has 4 heteroatoms. The zero-order chi connectivity index (χ0) is 10.7. The molecule has 1 aromatic rings. The molecule has 15 heavy (non-hydrogen) atoms. The van der Waals surface area contributed by atoms with Gasteiger partial charge in [-0.3, -0.25) is 0 Å². The standard InChI is InChI=1S/C11H10FNO2/c12-11-2-1-8(3-9(11)4-13)5-15-10-6-14-7-10/h1-3,10H,5-7H2. The molecule has 1 fully saturated rings. The van der Waals surface area contributed by atoms with Crippen molar-refractivity contribution in [2.75, 3.05) is 13.2 Å². The molecule has 0 atom stereocenters. The molecule has 1 aliphatic heterocycles. The highest BCUT2D eigenvalue weighted by Crippen LogP contribution is 2.13. The SMILES string of the molecule is N#Cc1cc(COC2COC2)ccc1F. The molecule has 0 unspecified atom stereocenters. The molecule has 0 bridgehead atoms. The first-order valence-electron chi connectivity index (χ1n) is 4.67. The van der Waals surface area contributed by atoms with E-state index in [9.17, 15) is 4.39 Å². The van der Waals surface area contributed by atoms with Gasteiger partial charge in [-0.25, -0.2) is 4.39 Å². The largest absolute Gasteiger partial charge is 0.376 e. The zero-order valence-corrected chi connectivity index (χ0v) is 8.07. The quantitative estimate of drug-likeness (QED) is 0.756. The van der Waals surface area contributed by atoms with Crippen LogP contribution in [0, 0.1) is 17.1 Å². The number of hydrogen-bond acceptors (Lipinski definition) is 3. The Kier molecular flexibility index (Phi) is 2.95. The summed E-state index contributed by atoms with van der Waals surface area (Å²) in [4.78, 5) is 0. The first-order chi connectivity index (χ1) is 7.29. The monoisotopic (exact) mass is 207 g/mol. The summed E-state index contributed by atoms with van der Waals surface area (Å²) in [5.41, 5.74) is 0.862. The molecule has 0 saturated carbocycles. The maximum absolute atomic E-state index is 13.0. The minimum atomic E-state index is -0.492. The molecule has 1 aromatic carbocycles. The Hall–Kier alpha value is -1.44. The average molecular weight is 207 g/mol. The van der Waals surface area contributed by atoms with Crippen LogP contribution >= 0.6 is 0 Å². The maximum Gasteiger partial charge on any atom is 0.140 e. The molecule has 0 N–H and O–H groups in total. The van der Waals surface area contributed by atoms with Gasteiger partial charge in [-0.1, -0.05) is 6.07 Å². The van der Waals surface area contributed by atoms with E-state index in [-0.39, 0.29) is 11.7 Å². The van der Waals surface area contributed by atoms with Gasteiger partial charge in [0.05, 0.1) is 25.4 Å². The van der Waals surface area contributed by atoms with E-state index in [2.05, 4.69) is 0 Å². The van der Waals surface area contributed by atoms with Gasteiger partial charge in [0, 0.05) is 0 Å². The second kappa shape index (κ2) is 4.39. The van der Waals surface area contributed by atoms with Crippen molar-refractivity contribution in [3.8, 4) is 6.07 Å². The number of rotatable bonds is 3. The highest BCUT2D eigenvalue weighted by Gasteiger charge is 2.18. The topological polar surface area (TPSA) is 42.2 Å². The molecule has 1 saturated heterocycles. The van der Waals surface area contributed by atoms with Crippen molar-refractivity contribution < 1.29 is 13.9 Å². The minimum Gasteiger partial charge on any atom is -0.376 e. The van der Waals surface area contributed by atoms with E-state index in [0.717, 1.165) is 5.56 Å². The maximum atomic E-state index is 13.0. The summed E-state index contributed by atoms with van der Waals surface area (Å²) in [7, 11) is 0. The molecule has 0 aliphatic carbocycles. The molecule has 0 amide bonds. The summed E-state index contributed by atoms with van der Waals surface area (Å²) < 4.78 is 23.4. The third-order valence-corrected chi connectivity index (χ3v) is 2.24. The lowest BCUT2D eigenvalue weighted by Crippen LogP contribution is -2.35. The summed E-state index contributed by atoms with van der Waals surface area (Å²) >= 11 is 0. The van der Waals surface area contributed by atoms with Crippen LogP contribution in [0.15, 0.2) is 18.2 Å². The fraction of sp³-hybridized carbons (Fsp3) is 0.364. The molecule has 0 aromatic heterocycles. The van der Waals surface area contributed by atoms with Gasteiger partial charge in [-0.15, -0.1) is 0 Å². The Morgan fingerprint density at radius 2 is 2.33 bits per heavy atom. The van der Waals surface area contributed by atoms with E-state index in [0.29, 0.717) is 19.8 Å². The van der Waals surface area contributed by atoms with Crippen molar-refractivity contribution in [3.05, 3.63) is 35.1 Å². The van der Waals surface area contributed by atoms with Crippen molar-refractivity contribution in [2.24, 2.45) is 0 Å². The van der Waals surface area contributed by atoms with Crippen LogP contribution < -0.4 is 0 Å². The fourth-order valence-electron chi connectivity index (χ4n) is 1.27.